The third-order valence-corrected chi connectivity index (χ3v) is 5.97. The monoisotopic (exact) mass is 318 g/mol. The highest BCUT2D eigenvalue weighted by molar-refractivity contribution is 7.91. The molecule has 1 amide bonds. The smallest absolute Gasteiger partial charge is 0.347 e. The quantitative estimate of drug-likeness (QED) is 0.820. The van der Waals surface area contributed by atoms with Gasteiger partial charge in [-0.3, -0.25) is 4.79 Å². The molecule has 110 valence electrons. The van der Waals surface area contributed by atoms with Crippen LogP contribution in [0.1, 0.15) is 26.8 Å². The summed E-state index contributed by atoms with van der Waals surface area (Å²) in [6.07, 6.45) is 0.339. The second kappa shape index (κ2) is 5.49. The summed E-state index contributed by atoms with van der Waals surface area (Å²) >= 11 is 1.01. The van der Waals surface area contributed by atoms with Crippen molar-refractivity contribution in [2.24, 2.45) is 5.92 Å². The second-order valence-corrected chi connectivity index (χ2v) is 7.96. The Kier molecular flexibility index (Phi) is 4.09. The molecule has 1 saturated heterocycles. The van der Waals surface area contributed by atoms with E-state index in [0.29, 0.717) is 17.1 Å². The number of aromatic carboxylic acids is 1. The lowest BCUT2D eigenvalue weighted by atomic mass is 10.1. The molecule has 0 aliphatic carbocycles. The van der Waals surface area contributed by atoms with E-state index in [9.17, 15) is 18.0 Å². The number of nitrogens with one attached hydrogen (secondary N) is 1. The average Bonchev–Trinajstić information content (AvgIpc) is 2.89. The number of carbonyl (C=O) groups excluding carboxylic acids is 1. The number of carboxylic acid groups (broad SMARTS) is 1. The van der Waals surface area contributed by atoms with E-state index in [1.165, 1.54) is 0 Å². The van der Waals surface area contributed by atoms with E-state index in [1.54, 1.807) is 6.92 Å². The van der Waals surface area contributed by atoms with Crippen molar-refractivity contribution in [3.8, 4) is 0 Å². The van der Waals surface area contributed by atoms with E-state index < -0.39 is 21.7 Å². The molecule has 7 nitrogen and oxygen atoms in total. The Morgan fingerprint density at radius 2 is 2.20 bits per heavy atom. The maximum Gasteiger partial charge on any atom is 0.347 e. The number of aromatic nitrogens is 1. The summed E-state index contributed by atoms with van der Waals surface area (Å²) in [5.41, 5.74) is 0.412. The predicted molar refractivity (Wildman–Crippen MR) is 72.4 cm³/mol. The lowest BCUT2D eigenvalue weighted by molar-refractivity contribution is -0.124. The molecule has 20 heavy (non-hydrogen) atoms. The highest BCUT2D eigenvalue weighted by atomic mass is 32.2. The van der Waals surface area contributed by atoms with Gasteiger partial charge < -0.3 is 10.4 Å². The van der Waals surface area contributed by atoms with Crippen molar-refractivity contribution in [3.63, 3.8) is 0 Å². The van der Waals surface area contributed by atoms with Crippen LogP contribution in [0.2, 0.25) is 0 Å². The zero-order valence-corrected chi connectivity index (χ0v) is 12.4. The Balaban J connectivity index is 1.94. The number of rotatable bonds is 4. The number of hydrogen-bond acceptors (Lipinski definition) is 6. The molecule has 1 aliphatic heterocycles. The van der Waals surface area contributed by atoms with Gasteiger partial charge in [-0.25, -0.2) is 18.2 Å². The first-order valence-corrected chi connectivity index (χ1v) is 8.60. The molecule has 1 aromatic heterocycles. The molecule has 9 heteroatoms. The van der Waals surface area contributed by atoms with E-state index in [4.69, 9.17) is 5.11 Å². The fraction of sp³-hybridized carbons (Fsp3) is 0.545. The van der Waals surface area contributed by atoms with Crippen molar-refractivity contribution in [1.29, 1.82) is 0 Å². The predicted octanol–water partition coefficient (Wildman–Crippen LogP) is 0.201. The number of carbonyl (C=O) groups is 2. The van der Waals surface area contributed by atoms with Crippen LogP contribution in [0, 0.1) is 12.8 Å². The first-order valence-electron chi connectivity index (χ1n) is 5.96. The van der Waals surface area contributed by atoms with E-state index in [1.807, 2.05) is 0 Å². The Labute approximate surface area is 119 Å². The molecule has 0 saturated carbocycles. The van der Waals surface area contributed by atoms with Gasteiger partial charge >= 0.3 is 5.97 Å². The van der Waals surface area contributed by atoms with Crippen LogP contribution in [0.15, 0.2) is 0 Å². The minimum atomic E-state index is -3.09. The lowest BCUT2D eigenvalue weighted by Crippen LogP contribution is -2.30. The number of carboxylic acids is 1. The first-order chi connectivity index (χ1) is 9.28. The topological polar surface area (TPSA) is 113 Å². The minimum Gasteiger partial charge on any atom is -0.477 e. The van der Waals surface area contributed by atoms with E-state index in [-0.39, 0.29) is 28.8 Å². The van der Waals surface area contributed by atoms with Gasteiger partial charge in [0.15, 0.2) is 9.84 Å². The molecule has 1 atom stereocenters. The van der Waals surface area contributed by atoms with Gasteiger partial charge in [0.05, 0.1) is 29.7 Å². The van der Waals surface area contributed by atoms with E-state index in [0.717, 1.165) is 11.3 Å². The van der Waals surface area contributed by atoms with Crippen molar-refractivity contribution in [3.05, 3.63) is 15.6 Å². The first kappa shape index (κ1) is 14.9. The van der Waals surface area contributed by atoms with Gasteiger partial charge in [0.25, 0.3) is 0 Å². The Bertz CT molecular complexity index is 650. The van der Waals surface area contributed by atoms with Crippen molar-refractivity contribution in [1.82, 2.24) is 10.3 Å². The molecule has 2 rings (SSSR count). The molecule has 1 aliphatic rings. The van der Waals surface area contributed by atoms with Gasteiger partial charge in [-0.15, -0.1) is 11.3 Å². The normalized spacial score (nSPS) is 20.8. The van der Waals surface area contributed by atoms with E-state index >= 15 is 0 Å². The number of hydrogen-bond donors (Lipinski definition) is 2. The van der Waals surface area contributed by atoms with Crippen molar-refractivity contribution < 1.29 is 23.1 Å². The average molecular weight is 318 g/mol. The fourth-order valence-corrected chi connectivity index (χ4v) is 4.62. The van der Waals surface area contributed by atoms with E-state index in [2.05, 4.69) is 10.3 Å². The van der Waals surface area contributed by atoms with Crippen LogP contribution >= 0.6 is 11.3 Å². The van der Waals surface area contributed by atoms with Crippen LogP contribution in [0.5, 0.6) is 0 Å². The van der Waals surface area contributed by atoms with Crippen LogP contribution in [0.4, 0.5) is 0 Å². The molecule has 0 spiro atoms. The van der Waals surface area contributed by atoms with Crippen molar-refractivity contribution in [2.75, 3.05) is 11.5 Å². The summed E-state index contributed by atoms with van der Waals surface area (Å²) in [7, 11) is -3.09. The molecule has 1 fully saturated rings. The number of nitrogens with zero attached hydrogens (tertiary/aromatic N) is 1. The third-order valence-electron chi connectivity index (χ3n) is 3.05. The summed E-state index contributed by atoms with van der Waals surface area (Å²) in [4.78, 5) is 26.9. The van der Waals surface area contributed by atoms with Gasteiger partial charge in [0, 0.05) is 0 Å². The fourth-order valence-electron chi connectivity index (χ4n) is 2.04. The van der Waals surface area contributed by atoms with Crippen LogP contribution in [-0.2, 0) is 21.2 Å². The van der Waals surface area contributed by atoms with Crippen molar-refractivity contribution in [2.45, 2.75) is 19.9 Å². The van der Waals surface area contributed by atoms with Crippen molar-refractivity contribution >= 4 is 33.1 Å². The molecular weight excluding hydrogens is 304 g/mol. The van der Waals surface area contributed by atoms with Gasteiger partial charge in [-0.05, 0) is 13.3 Å². The van der Waals surface area contributed by atoms with Gasteiger partial charge in [0.2, 0.25) is 5.91 Å². The zero-order chi connectivity index (χ0) is 14.9. The summed E-state index contributed by atoms with van der Waals surface area (Å²) in [6, 6.07) is 0. The second-order valence-electron chi connectivity index (χ2n) is 4.65. The SMILES string of the molecule is Cc1nc(CNC(=O)C2CCS(=O)(=O)C2)sc1C(=O)O. The Morgan fingerprint density at radius 3 is 2.70 bits per heavy atom. The molecule has 0 bridgehead atoms. The highest BCUT2D eigenvalue weighted by Gasteiger charge is 2.32. The van der Waals surface area contributed by atoms with Crippen LogP contribution in [-0.4, -0.2) is 41.9 Å². The van der Waals surface area contributed by atoms with Crippen LogP contribution < -0.4 is 5.32 Å². The maximum atomic E-state index is 11.8. The standard InChI is InChI=1S/C11H14N2O5S2/c1-6-9(11(15)16)19-8(13-6)4-12-10(14)7-2-3-20(17,18)5-7/h7H,2-5H2,1H3,(H,12,14)(H,15,16). The minimum absolute atomic E-state index is 0.0462. The number of thiazole rings is 1. The van der Waals surface area contributed by atoms with Gasteiger partial charge in [-0.2, -0.15) is 0 Å². The summed E-state index contributed by atoms with van der Waals surface area (Å²) in [5.74, 6) is -1.95. The highest BCUT2D eigenvalue weighted by Crippen LogP contribution is 2.20. The van der Waals surface area contributed by atoms with Crippen LogP contribution in [0.3, 0.4) is 0 Å². The number of amides is 1. The molecule has 0 aromatic carbocycles. The summed E-state index contributed by atoms with van der Waals surface area (Å²) in [6.45, 7) is 1.71. The summed E-state index contributed by atoms with van der Waals surface area (Å²) in [5, 5.41) is 12.0. The molecule has 0 radical (unpaired) electrons. The third kappa shape index (κ3) is 3.34. The molecular formula is C11H14N2O5S2. The maximum absolute atomic E-state index is 11.8. The molecule has 1 unspecified atom stereocenters. The van der Waals surface area contributed by atoms with Gasteiger partial charge in [0.1, 0.15) is 9.88 Å². The molecule has 2 N–H and O–H groups in total. The largest absolute Gasteiger partial charge is 0.477 e. The Morgan fingerprint density at radius 1 is 1.50 bits per heavy atom. The van der Waals surface area contributed by atoms with Gasteiger partial charge in [-0.1, -0.05) is 0 Å². The number of sulfone groups is 1. The number of aryl methyl sites for hydroxylation is 1. The lowest BCUT2D eigenvalue weighted by Gasteiger charge is -2.07. The molecule has 2 heterocycles. The Hall–Kier alpha value is -1.48. The summed E-state index contributed by atoms with van der Waals surface area (Å²) < 4.78 is 22.6. The van der Waals surface area contributed by atoms with Crippen LogP contribution in [0.25, 0.3) is 0 Å². The zero-order valence-electron chi connectivity index (χ0n) is 10.7. The molecule has 1 aromatic rings.